The first-order valence-corrected chi connectivity index (χ1v) is 13.2. The van der Waals surface area contributed by atoms with E-state index in [1.165, 1.54) is 44.9 Å². The Morgan fingerprint density at radius 3 is 2.12 bits per heavy atom. The number of allylic oxidation sites excluding steroid dienone is 2. The SMILES string of the molecule is CCCc1cc2c(c(F)c1F)-c1c(cc(C3=CCC(CCC4CCCCC4)CC3)c(F)c1F)C2. The van der Waals surface area contributed by atoms with Gasteiger partial charge in [-0.25, -0.2) is 17.6 Å². The molecule has 1 unspecified atom stereocenters. The molecule has 0 aliphatic heterocycles. The van der Waals surface area contributed by atoms with Crippen molar-refractivity contribution in [3.63, 3.8) is 0 Å². The molecule has 0 amide bonds. The third kappa shape index (κ3) is 4.33. The van der Waals surface area contributed by atoms with Crippen LogP contribution in [-0.4, -0.2) is 0 Å². The van der Waals surface area contributed by atoms with Gasteiger partial charge in [-0.15, -0.1) is 0 Å². The molecule has 0 saturated heterocycles. The van der Waals surface area contributed by atoms with Crippen molar-refractivity contribution in [3.8, 4) is 11.1 Å². The van der Waals surface area contributed by atoms with Gasteiger partial charge in [0.05, 0.1) is 0 Å². The number of rotatable bonds is 6. The van der Waals surface area contributed by atoms with E-state index in [9.17, 15) is 8.78 Å². The number of hydrogen-bond donors (Lipinski definition) is 0. The van der Waals surface area contributed by atoms with Gasteiger partial charge >= 0.3 is 0 Å². The molecule has 5 rings (SSSR count). The highest BCUT2D eigenvalue weighted by Crippen LogP contribution is 2.45. The minimum atomic E-state index is -1.05. The average molecular weight is 471 g/mol. The Morgan fingerprint density at radius 1 is 0.765 bits per heavy atom. The topological polar surface area (TPSA) is 0 Å². The number of hydrogen-bond acceptors (Lipinski definition) is 0. The molecule has 0 heterocycles. The Hall–Kier alpha value is -2.10. The maximum atomic E-state index is 15.3. The van der Waals surface area contributed by atoms with Crippen molar-refractivity contribution in [2.24, 2.45) is 11.8 Å². The minimum Gasteiger partial charge on any atom is -0.203 e. The number of halogens is 4. The van der Waals surface area contributed by atoms with Gasteiger partial charge in [0.15, 0.2) is 23.3 Å². The molecule has 1 fully saturated rings. The zero-order valence-electron chi connectivity index (χ0n) is 20.1. The third-order valence-electron chi connectivity index (χ3n) is 8.38. The summed E-state index contributed by atoms with van der Waals surface area (Å²) in [6.45, 7) is 1.90. The second-order valence-corrected chi connectivity index (χ2v) is 10.7. The monoisotopic (exact) mass is 470 g/mol. The van der Waals surface area contributed by atoms with Crippen LogP contribution in [0.4, 0.5) is 17.6 Å². The number of benzene rings is 2. The van der Waals surface area contributed by atoms with Crippen molar-refractivity contribution < 1.29 is 17.6 Å². The first-order valence-electron chi connectivity index (χ1n) is 13.2. The van der Waals surface area contributed by atoms with Gasteiger partial charge in [0.2, 0.25) is 0 Å². The van der Waals surface area contributed by atoms with Gasteiger partial charge in [0.25, 0.3) is 0 Å². The van der Waals surface area contributed by atoms with Crippen LogP contribution in [0.15, 0.2) is 18.2 Å². The second-order valence-electron chi connectivity index (χ2n) is 10.7. The molecule has 1 saturated carbocycles. The molecule has 3 aliphatic rings. The van der Waals surface area contributed by atoms with Gasteiger partial charge in [0, 0.05) is 16.7 Å². The van der Waals surface area contributed by atoms with Gasteiger partial charge in [-0.05, 0) is 78.7 Å². The first-order chi connectivity index (χ1) is 16.5. The summed E-state index contributed by atoms with van der Waals surface area (Å²) in [5, 5.41) is 0. The summed E-state index contributed by atoms with van der Waals surface area (Å²) in [5.41, 5.74) is 2.35. The summed E-state index contributed by atoms with van der Waals surface area (Å²) in [4.78, 5) is 0. The average Bonchev–Trinajstić information content (AvgIpc) is 3.23. The van der Waals surface area contributed by atoms with Crippen molar-refractivity contribution in [1.29, 1.82) is 0 Å². The molecule has 2 aromatic rings. The lowest BCUT2D eigenvalue weighted by atomic mass is 9.79. The zero-order valence-corrected chi connectivity index (χ0v) is 20.1. The van der Waals surface area contributed by atoms with E-state index in [4.69, 9.17) is 0 Å². The van der Waals surface area contributed by atoms with Crippen LogP contribution < -0.4 is 0 Å². The Balaban J connectivity index is 1.37. The van der Waals surface area contributed by atoms with Crippen LogP contribution in [0.3, 0.4) is 0 Å². The van der Waals surface area contributed by atoms with Gasteiger partial charge in [-0.3, -0.25) is 0 Å². The molecule has 2 aromatic carbocycles. The van der Waals surface area contributed by atoms with E-state index in [0.29, 0.717) is 47.4 Å². The smallest absolute Gasteiger partial charge is 0.167 e. The molecule has 1 atom stereocenters. The molecule has 34 heavy (non-hydrogen) atoms. The van der Waals surface area contributed by atoms with Crippen LogP contribution in [-0.2, 0) is 12.8 Å². The number of aryl methyl sites for hydroxylation is 1. The fourth-order valence-electron chi connectivity index (χ4n) is 6.47. The summed E-state index contributed by atoms with van der Waals surface area (Å²) in [5.74, 6) is -2.49. The molecular formula is C30H34F4. The maximum Gasteiger partial charge on any atom is 0.167 e. The predicted octanol–water partition coefficient (Wildman–Crippen LogP) is 9.31. The minimum absolute atomic E-state index is 0.0996. The standard InChI is InChI=1S/C30H34F4/c1-2-6-21-15-22-16-23-17-24(28(32)30(34)26(23)25(22)29(33)27(21)31)20-13-11-19(12-14-20)10-9-18-7-4-3-5-8-18/h13,15,17-19H,2-12,14,16H2,1H3. The number of fused-ring (bicyclic) bond motifs is 3. The molecule has 182 valence electrons. The molecule has 0 aromatic heterocycles. The summed E-state index contributed by atoms with van der Waals surface area (Å²) in [7, 11) is 0. The molecule has 4 heteroatoms. The van der Waals surface area contributed by atoms with Gasteiger partial charge in [0.1, 0.15) is 0 Å². The summed E-state index contributed by atoms with van der Waals surface area (Å²) >= 11 is 0. The maximum absolute atomic E-state index is 15.3. The van der Waals surface area contributed by atoms with Crippen LogP contribution >= 0.6 is 0 Å². The molecule has 0 radical (unpaired) electrons. The van der Waals surface area contributed by atoms with Gasteiger partial charge in [-0.2, -0.15) is 0 Å². The van der Waals surface area contributed by atoms with E-state index >= 15 is 8.78 Å². The van der Waals surface area contributed by atoms with Crippen LogP contribution in [0, 0.1) is 35.1 Å². The van der Waals surface area contributed by atoms with E-state index < -0.39 is 23.3 Å². The lowest BCUT2D eigenvalue weighted by Crippen LogP contribution is -2.11. The van der Waals surface area contributed by atoms with Crippen molar-refractivity contribution in [2.45, 2.75) is 90.4 Å². The summed E-state index contributed by atoms with van der Waals surface area (Å²) in [6, 6.07) is 3.31. The van der Waals surface area contributed by atoms with Crippen molar-refractivity contribution in [2.75, 3.05) is 0 Å². The molecule has 0 bridgehead atoms. The van der Waals surface area contributed by atoms with Gasteiger partial charge in [-0.1, -0.05) is 64.0 Å². The van der Waals surface area contributed by atoms with Crippen LogP contribution in [0.25, 0.3) is 16.7 Å². The molecule has 0 N–H and O–H groups in total. The Morgan fingerprint density at radius 2 is 1.44 bits per heavy atom. The van der Waals surface area contributed by atoms with Crippen molar-refractivity contribution in [1.82, 2.24) is 0 Å². The van der Waals surface area contributed by atoms with Crippen LogP contribution in [0.5, 0.6) is 0 Å². The van der Waals surface area contributed by atoms with E-state index in [0.717, 1.165) is 30.8 Å². The highest BCUT2D eigenvalue weighted by Gasteiger charge is 2.32. The quantitative estimate of drug-likeness (QED) is 0.315. The summed E-state index contributed by atoms with van der Waals surface area (Å²) in [6.07, 6.45) is 15.5. The highest BCUT2D eigenvalue weighted by molar-refractivity contribution is 5.81. The third-order valence-corrected chi connectivity index (χ3v) is 8.38. The highest BCUT2D eigenvalue weighted by atomic mass is 19.2. The predicted molar refractivity (Wildman–Crippen MR) is 130 cm³/mol. The van der Waals surface area contributed by atoms with Crippen molar-refractivity contribution in [3.05, 3.63) is 63.7 Å². The zero-order chi connectivity index (χ0) is 23.8. The Bertz CT molecular complexity index is 1110. The van der Waals surface area contributed by atoms with E-state index in [-0.39, 0.29) is 11.1 Å². The van der Waals surface area contributed by atoms with Crippen LogP contribution in [0.1, 0.15) is 99.8 Å². The Labute approximate surface area is 200 Å². The van der Waals surface area contributed by atoms with Crippen LogP contribution in [0.2, 0.25) is 0 Å². The van der Waals surface area contributed by atoms with E-state index in [2.05, 4.69) is 6.08 Å². The van der Waals surface area contributed by atoms with Crippen molar-refractivity contribution >= 4 is 5.57 Å². The molecule has 3 aliphatic carbocycles. The van der Waals surface area contributed by atoms with E-state index in [1.807, 2.05) is 6.92 Å². The second kappa shape index (κ2) is 9.87. The van der Waals surface area contributed by atoms with E-state index in [1.54, 1.807) is 12.1 Å². The fraction of sp³-hybridized carbons (Fsp3) is 0.533. The largest absolute Gasteiger partial charge is 0.203 e. The lowest BCUT2D eigenvalue weighted by Gasteiger charge is -2.26. The lowest BCUT2D eigenvalue weighted by molar-refractivity contribution is 0.301. The fourth-order valence-corrected chi connectivity index (χ4v) is 6.47. The molecular weight excluding hydrogens is 436 g/mol. The molecule has 0 spiro atoms. The Kier molecular flexibility index (Phi) is 6.86. The molecule has 0 nitrogen and oxygen atoms in total. The summed E-state index contributed by atoms with van der Waals surface area (Å²) < 4.78 is 60.0. The van der Waals surface area contributed by atoms with Gasteiger partial charge < -0.3 is 0 Å². The first kappa shape index (κ1) is 23.6. The normalized spacial score (nSPS) is 20.3.